The van der Waals surface area contributed by atoms with E-state index in [-0.39, 0.29) is 0 Å². The summed E-state index contributed by atoms with van der Waals surface area (Å²) >= 11 is 0. The van der Waals surface area contributed by atoms with Crippen molar-refractivity contribution in [1.29, 1.82) is 0 Å². The fourth-order valence-corrected chi connectivity index (χ4v) is 3.07. The number of carbonyl (C=O) groups excluding carboxylic acids is 1. The molecule has 6 heteroatoms. The summed E-state index contributed by atoms with van der Waals surface area (Å²) in [6, 6.07) is 9.84. The van der Waals surface area contributed by atoms with Crippen LogP contribution >= 0.6 is 0 Å². The summed E-state index contributed by atoms with van der Waals surface area (Å²) in [4.78, 5) is 12.1. The highest BCUT2D eigenvalue weighted by Gasteiger charge is 2.19. The maximum Gasteiger partial charge on any atom is 0.266 e. The summed E-state index contributed by atoms with van der Waals surface area (Å²) in [5.41, 5.74) is 4.13. The number of carbonyl (C=O) groups is 1. The van der Waals surface area contributed by atoms with Crippen molar-refractivity contribution in [1.82, 2.24) is 9.29 Å². The summed E-state index contributed by atoms with van der Waals surface area (Å²) in [6.07, 6.45) is 0.967. The molecule has 0 atom stereocenters. The molecule has 0 aliphatic heterocycles. The van der Waals surface area contributed by atoms with Gasteiger partial charge in [0.1, 0.15) is 0 Å². The van der Waals surface area contributed by atoms with Crippen LogP contribution in [0, 0.1) is 13.8 Å². The molecule has 0 spiro atoms. The third kappa shape index (κ3) is 3.82. The van der Waals surface area contributed by atoms with Crippen LogP contribution < -0.4 is 4.72 Å². The molecule has 0 bridgehead atoms. The number of hydrogen-bond acceptors (Lipinski definition) is 3. The van der Waals surface area contributed by atoms with Crippen LogP contribution in [0.5, 0.6) is 0 Å². The Kier molecular flexibility index (Phi) is 4.66. The van der Waals surface area contributed by atoms with Gasteiger partial charge in [0.2, 0.25) is 10.0 Å². The van der Waals surface area contributed by atoms with Crippen LogP contribution in [0.3, 0.4) is 0 Å². The van der Waals surface area contributed by atoms with Crippen molar-refractivity contribution in [3.63, 3.8) is 0 Å². The average Bonchev–Trinajstić information content (AvgIpc) is 2.72. The van der Waals surface area contributed by atoms with E-state index < -0.39 is 15.9 Å². The van der Waals surface area contributed by atoms with Crippen molar-refractivity contribution in [2.24, 2.45) is 0 Å². The minimum absolute atomic E-state index is 0.362. The molecule has 0 aliphatic rings. The number of amides is 1. The molecule has 0 fully saturated rings. The number of nitrogens with zero attached hydrogens (tertiary/aromatic N) is 1. The Hall–Kier alpha value is -2.08. The fourth-order valence-electron chi connectivity index (χ4n) is 2.62. The van der Waals surface area contributed by atoms with Crippen molar-refractivity contribution in [2.75, 3.05) is 6.26 Å². The monoisotopic (exact) mass is 334 g/mol. The number of rotatable bonds is 4. The minimum Gasteiger partial charge on any atom is -0.318 e. The molecule has 1 amide bonds. The van der Waals surface area contributed by atoms with E-state index in [9.17, 15) is 13.2 Å². The van der Waals surface area contributed by atoms with Crippen LogP contribution in [-0.4, -0.2) is 25.1 Å². The molecule has 0 saturated heterocycles. The smallest absolute Gasteiger partial charge is 0.266 e. The summed E-state index contributed by atoms with van der Waals surface area (Å²) < 4.78 is 26.5. The van der Waals surface area contributed by atoms with Crippen molar-refractivity contribution in [2.45, 2.75) is 33.6 Å². The van der Waals surface area contributed by atoms with E-state index in [1.165, 1.54) is 5.56 Å². The van der Waals surface area contributed by atoms with E-state index in [4.69, 9.17) is 0 Å². The summed E-state index contributed by atoms with van der Waals surface area (Å²) in [5, 5.41) is 0. The average molecular weight is 334 g/mol. The molecule has 1 N–H and O–H groups in total. The van der Waals surface area contributed by atoms with Gasteiger partial charge >= 0.3 is 0 Å². The van der Waals surface area contributed by atoms with Gasteiger partial charge in [-0.05, 0) is 43.5 Å². The SMILES string of the molecule is Cc1cc(C(=O)NS(C)(=O)=O)c(C)n1-c1ccc(C(C)C)cc1. The lowest BCUT2D eigenvalue weighted by atomic mass is 10.0. The summed E-state index contributed by atoms with van der Waals surface area (Å²) in [5.74, 6) is -0.155. The minimum atomic E-state index is -3.58. The van der Waals surface area contributed by atoms with Crippen LogP contribution in [0.25, 0.3) is 5.69 Å². The first kappa shape index (κ1) is 17.3. The molecule has 2 rings (SSSR count). The molecule has 1 heterocycles. The molecule has 0 unspecified atom stereocenters. The van der Waals surface area contributed by atoms with Gasteiger partial charge in [0.05, 0.1) is 11.8 Å². The number of benzene rings is 1. The fraction of sp³-hybridized carbons (Fsp3) is 0.353. The van der Waals surface area contributed by atoms with Crippen LogP contribution in [0.2, 0.25) is 0 Å². The van der Waals surface area contributed by atoms with E-state index in [2.05, 4.69) is 26.0 Å². The Labute approximate surface area is 137 Å². The maximum atomic E-state index is 12.1. The molecule has 1 aromatic carbocycles. The van der Waals surface area contributed by atoms with Gasteiger partial charge in [-0.3, -0.25) is 4.79 Å². The van der Waals surface area contributed by atoms with Crippen LogP contribution in [0.4, 0.5) is 0 Å². The number of hydrogen-bond donors (Lipinski definition) is 1. The second-order valence-corrected chi connectivity index (χ2v) is 7.82. The van der Waals surface area contributed by atoms with E-state index >= 15 is 0 Å². The zero-order chi connectivity index (χ0) is 17.4. The molecular weight excluding hydrogens is 312 g/mol. The van der Waals surface area contributed by atoms with Crippen molar-refractivity contribution in [3.8, 4) is 5.69 Å². The third-order valence-corrected chi connectivity index (χ3v) is 4.33. The highest BCUT2D eigenvalue weighted by molar-refractivity contribution is 7.89. The van der Waals surface area contributed by atoms with E-state index in [0.29, 0.717) is 17.2 Å². The molecule has 5 nitrogen and oxygen atoms in total. The quantitative estimate of drug-likeness (QED) is 0.935. The third-order valence-electron chi connectivity index (χ3n) is 3.77. The van der Waals surface area contributed by atoms with Gasteiger partial charge in [0.25, 0.3) is 5.91 Å². The second-order valence-electron chi connectivity index (χ2n) is 6.07. The zero-order valence-corrected chi connectivity index (χ0v) is 14.9. The standard InChI is InChI=1S/C17H22N2O3S/c1-11(2)14-6-8-15(9-7-14)19-12(3)10-16(13(19)4)17(20)18-23(5,21)22/h6-11H,1-5H3,(H,18,20). The first-order chi connectivity index (χ1) is 10.6. The molecule has 1 aromatic heterocycles. The van der Waals surface area contributed by atoms with Gasteiger partial charge in [0.15, 0.2) is 0 Å². The summed E-state index contributed by atoms with van der Waals surface area (Å²) in [6.45, 7) is 7.96. The van der Waals surface area contributed by atoms with Crippen molar-refractivity contribution >= 4 is 15.9 Å². The van der Waals surface area contributed by atoms with E-state index in [1.807, 2.05) is 28.3 Å². The molecule has 0 saturated carbocycles. The molecule has 0 radical (unpaired) electrons. The molecule has 124 valence electrons. The Morgan fingerprint density at radius 3 is 2.17 bits per heavy atom. The van der Waals surface area contributed by atoms with Crippen molar-refractivity contribution < 1.29 is 13.2 Å². The Balaban J connectivity index is 2.43. The van der Waals surface area contributed by atoms with E-state index in [1.54, 1.807) is 13.0 Å². The maximum absolute atomic E-state index is 12.1. The van der Waals surface area contributed by atoms with Gasteiger partial charge in [-0.2, -0.15) is 0 Å². The number of sulfonamides is 1. The zero-order valence-electron chi connectivity index (χ0n) is 14.0. The Morgan fingerprint density at radius 1 is 1.13 bits per heavy atom. The van der Waals surface area contributed by atoms with Gasteiger partial charge < -0.3 is 4.57 Å². The predicted molar refractivity (Wildman–Crippen MR) is 91.6 cm³/mol. The molecular formula is C17H22N2O3S. The number of nitrogens with one attached hydrogen (secondary N) is 1. The van der Waals surface area contributed by atoms with Crippen LogP contribution in [0.1, 0.15) is 47.1 Å². The molecule has 2 aromatic rings. The predicted octanol–water partition coefficient (Wildman–Crippen LogP) is 2.91. The van der Waals surface area contributed by atoms with Gasteiger partial charge in [-0.15, -0.1) is 0 Å². The van der Waals surface area contributed by atoms with Crippen LogP contribution in [0.15, 0.2) is 30.3 Å². The topological polar surface area (TPSA) is 68.2 Å². The highest BCUT2D eigenvalue weighted by Crippen LogP contribution is 2.23. The summed E-state index contributed by atoms with van der Waals surface area (Å²) in [7, 11) is -3.58. The van der Waals surface area contributed by atoms with Gasteiger partial charge in [-0.25, -0.2) is 13.1 Å². The van der Waals surface area contributed by atoms with E-state index in [0.717, 1.165) is 17.6 Å². The van der Waals surface area contributed by atoms with Crippen LogP contribution in [-0.2, 0) is 10.0 Å². The Bertz CT molecular complexity index is 831. The number of aryl methyl sites for hydroxylation is 1. The Morgan fingerprint density at radius 2 is 1.70 bits per heavy atom. The van der Waals surface area contributed by atoms with Gasteiger partial charge in [-0.1, -0.05) is 26.0 Å². The lowest BCUT2D eigenvalue weighted by Gasteiger charge is -2.12. The van der Waals surface area contributed by atoms with Gasteiger partial charge in [0, 0.05) is 17.1 Å². The lowest BCUT2D eigenvalue weighted by molar-refractivity contribution is 0.0981. The first-order valence-corrected chi connectivity index (χ1v) is 9.30. The lowest BCUT2D eigenvalue weighted by Crippen LogP contribution is -2.29. The first-order valence-electron chi connectivity index (χ1n) is 7.41. The van der Waals surface area contributed by atoms with Crippen molar-refractivity contribution in [3.05, 3.63) is 52.8 Å². The largest absolute Gasteiger partial charge is 0.318 e. The normalized spacial score (nSPS) is 11.7. The molecule has 23 heavy (non-hydrogen) atoms. The number of aromatic nitrogens is 1. The molecule has 0 aliphatic carbocycles. The second kappa shape index (κ2) is 6.20. The highest BCUT2D eigenvalue weighted by atomic mass is 32.2.